The first-order valence-corrected chi connectivity index (χ1v) is 7.69. The summed E-state index contributed by atoms with van der Waals surface area (Å²) in [4.78, 5) is 2.59. The van der Waals surface area contributed by atoms with Crippen molar-refractivity contribution < 1.29 is 0 Å². The van der Waals surface area contributed by atoms with Gasteiger partial charge in [-0.2, -0.15) is 0 Å². The van der Waals surface area contributed by atoms with Crippen LogP contribution in [-0.2, 0) is 13.6 Å². The van der Waals surface area contributed by atoms with Gasteiger partial charge in [0.05, 0.1) is 0 Å². The van der Waals surface area contributed by atoms with Gasteiger partial charge in [-0.15, -0.1) is 0 Å². The van der Waals surface area contributed by atoms with Crippen molar-refractivity contribution in [3.05, 3.63) is 23.0 Å². The van der Waals surface area contributed by atoms with Crippen LogP contribution < -0.4 is 5.32 Å². The van der Waals surface area contributed by atoms with Crippen LogP contribution >= 0.6 is 0 Å². The molecule has 0 aliphatic carbocycles. The molecule has 1 fully saturated rings. The van der Waals surface area contributed by atoms with Gasteiger partial charge in [-0.1, -0.05) is 6.92 Å². The molecule has 0 bridgehead atoms. The molecule has 1 aromatic rings. The van der Waals surface area contributed by atoms with Gasteiger partial charge in [-0.3, -0.25) is 0 Å². The molecule has 1 aliphatic rings. The van der Waals surface area contributed by atoms with Crippen molar-refractivity contribution in [1.82, 2.24) is 14.8 Å². The molecule has 0 spiro atoms. The summed E-state index contributed by atoms with van der Waals surface area (Å²) < 4.78 is 2.28. The molecule has 0 radical (unpaired) electrons. The minimum atomic E-state index is 0.702. The Balaban J connectivity index is 1.79. The second-order valence-electron chi connectivity index (χ2n) is 5.95. The number of hydrogen-bond acceptors (Lipinski definition) is 2. The van der Waals surface area contributed by atoms with E-state index in [0.717, 1.165) is 6.54 Å². The van der Waals surface area contributed by atoms with Gasteiger partial charge in [-0.05, 0) is 64.4 Å². The van der Waals surface area contributed by atoms with Crippen molar-refractivity contribution in [2.75, 3.05) is 19.6 Å². The molecule has 1 N–H and O–H groups in total. The summed E-state index contributed by atoms with van der Waals surface area (Å²) in [5.74, 6) is 0. The Morgan fingerprint density at radius 2 is 1.95 bits per heavy atom. The van der Waals surface area contributed by atoms with E-state index >= 15 is 0 Å². The van der Waals surface area contributed by atoms with E-state index in [1.54, 1.807) is 0 Å². The summed E-state index contributed by atoms with van der Waals surface area (Å²) in [7, 11) is 2.15. The minimum absolute atomic E-state index is 0.702. The summed E-state index contributed by atoms with van der Waals surface area (Å²) in [6.45, 7) is 11.5. The second kappa shape index (κ2) is 6.58. The summed E-state index contributed by atoms with van der Waals surface area (Å²) in [5, 5.41) is 3.74. The van der Waals surface area contributed by atoms with Crippen LogP contribution in [0.25, 0.3) is 0 Å². The number of nitrogens with zero attached hydrogens (tertiary/aromatic N) is 2. The fourth-order valence-corrected chi connectivity index (χ4v) is 3.04. The first-order chi connectivity index (χ1) is 9.11. The molecule has 108 valence electrons. The highest BCUT2D eigenvalue weighted by molar-refractivity contribution is 5.26. The molecule has 1 aliphatic heterocycles. The van der Waals surface area contributed by atoms with Crippen LogP contribution in [0, 0.1) is 13.8 Å². The smallest absolute Gasteiger partial charge is 0.0225 e. The van der Waals surface area contributed by atoms with E-state index in [-0.39, 0.29) is 0 Å². The Hall–Kier alpha value is -0.800. The molecule has 1 saturated heterocycles. The lowest BCUT2D eigenvalue weighted by Gasteiger charge is -2.32. The zero-order valence-electron chi connectivity index (χ0n) is 13.0. The third-order valence-corrected chi connectivity index (χ3v) is 4.59. The summed E-state index contributed by atoms with van der Waals surface area (Å²) in [6, 6.07) is 3.02. The lowest BCUT2D eigenvalue weighted by Crippen LogP contribution is -2.42. The van der Waals surface area contributed by atoms with E-state index in [1.165, 1.54) is 55.8 Å². The van der Waals surface area contributed by atoms with Crippen molar-refractivity contribution in [3.63, 3.8) is 0 Å². The van der Waals surface area contributed by atoms with Gasteiger partial charge in [0.25, 0.3) is 0 Å². The van der Waals surface area contributed by atoms with Crippen molar-refractivity contribution in [3.8, 4) is 0 Å². The number of nitrogens with one attached hydrogen (secondary N) is 1. The van der Waals surface area contributed by atoms with Gasteiger partial charge < -0.3 is 14.8 Å². The molecular weight excluding hydrogens is 234 g/mol. The molecule has 2 rings (SSSR count). The van der Waals surface area contributed by atoms with Gasteiger partial charge in [0.15, 0.2) is 0 Å². The van der Waals surface area contributed by atoms with E-state index < -0.39 is 0 Å². The number of aryl methyl sites for hydroxylation is 1. The molecule has 19 heavy (non-hydrogen) atoms. The van der Waals surface area contributed by atoms with E-state index in [1.807, 2.05) is 0 Å². The van der Waals surface area contributed by atoms with Gasteiger partial charge in [0, 0.05) is 31.0 Å². The van der Waals surface area contributed by atoms with Crippen LogP contribution in [0.2, 0.25) is 0 Å². The predicted molar refractivity (Wildman–Crippen MR) is 81.5 cm³/mol. The van der Waals surface area contributed by atoms with E-state index in [0.29, 0.717) is 6.04 Å². The molecule has 0 atom stereocenters. The zero-order chi connectivity index (χ0) is 13.8. The first kappa shape index (κ1) is 14.6. The van der Waals surface area contributed by atoms with Gasteiger partial charge >= 0.3 is 0 Å². The van der Waals surface area contributed by atoms with E-state index in [2.05, 4.69) is 48.7 Å². The Bertz CT molecular complexity index is 400. The second-order valence-corrected chi connectivity index (χ2v) is 5.95. The SMILES string of the molecule is CCCN1CCC(NCc2cc(C)n(C)c2C)CC1. The molecule has 0 saturated carbocycles. The quantitative estimate of drug-likeness (QED) is 0.881. The summed E-state index contributed by atoms with van der Waals surface area (Å²) in [6.07, 6.45) is 3.87. The molecule has 0 aromatic carbocycles. The monoisotopic (exact) mass is 263 g/mol. The van der Waals surface area contributed by atoms with Gasteiger partial charge in [0.2, 0.25) is 0 Å². The van der Waals surface area contributed by atoms with Crippen molar-refractivity contribution in [2.45, 2.75) is 52.6 Å². The zero-order valence-corrected chi connectivity index (χ0v) is 13.0. The Morgan fingerprint density at radius 3 is 2.47 bits per heavy atom. The maximum atomic E-state index is 3.74. The number of rotatable bonds is 5. The number of piperidine rings is 1. The lowest BCUT2D eigenvalue weighted by atomic mass is 10.0. The average Bonchev–Trinajstić information content (AvgIpc) is 2.66. The minimum Gasteiger partial charge on any atom is -0.352 e. The largest absolute Gasteiger partial charge is 0.352 e. The van der Waals surface area contributed by atoms with Gasteiger partial charge in [0.1, 0.15) is 0 Å². The van der Waals surface area contributed by atoms with Crippen molar-refractivity contribution in [2.24, 2.45) is 7.05 Å². The normalized spacial score (nSPS) is 18.1. The molecular formula is C16H29N3. The highest BCUT2D eigenvalue weighted by Crippen LogP contribution is 2.15. The van der Waals surface area contributed by atoms with Gasteiger partial charge in [-0.25, -0.2) is 0 Å². The third kappa shape index (κ3) is 3.61. The average molecular weight is 263 g/mol. The van der Waals surface area contributed by atoms with Crippen LogP contribution in [0.1, 0.15) is 43.1 Å². The Labute approximate surface area is 118 Å². The van der Waals surface area contributed by atoms with Crippen LogP contribution in [-0.4, -0.2) is 35.1 Å². The summed E-state index contributed by atoms with van der Waals surface area (Å²) >= 11 is 0. The number of aromatic nitrogens is 1. The Morgan fingerprint density at radius 1 is 1.26 bits per heavy atom. The molecule has 3 heteroatoms. The standard InChI is InChI=1S/C16H29N3/c1-5-8-19-9-6-16(7-10-19)17-12-15-11-13(2)18(4)14(15)3/h11,16-17H,5-10,12H2,1-4H3. The van der Waals surface area contributed by atoms with E-state index in [4.69, 9.17) is 0 Å². The highest BCUT2D eigenvalue weighted by atomic mass is 15.1. The molecule has 1 aromatic heterocycles. The van der Waals surface area contributed by atoms with E-state index in [9.17, 15) is 0 Å². The third-order valence-electron chi connectivity index (χ3n) is 4.59. The molecule has 2 heterocycles. The molecule has 0 amide bonds. The number of likely N-dealkylation sites (tertiary alicyclic amines) is 1. The van der Waals surface area contributed by atoms with Crippen molar-refractivity contribution in [1.29, 1.82) is 0 Å². The molecule has 0 unspecified atom stereocenters. The lowest BCUT2D eigenvalue weighted by molar-refractivity contribution is 0.197. The fraction of sp³-hybridized carbons (Fsp3) is 0.750. The maximum Gasteiger partial charge on any atom is 0.0225 e. The number of hydrogen-bond donors (Lipinski definition) is 1. The topological polar surface area (TPSA) is 20.2 Å². The fourth-order valence-electron chi connectivity index (χ4n) is 3.04. The Kier molecular flexibility index (Phi) is 5.06. The first-order valence-electron chi connectivity index (χ1n) is 7.69. The van der Waals surface area contributed by atoms with Crippen LogP contribution in [0.4, 0.5) is 0 Å². The maximum absolute atomic E-state index is 3.74. The molecule has 3 nitrogen and oxygen atoms in total. The predicted octanol–water partition coefficient (Wildman–Crippen LogP) is 2.61. The summed E-state index contributed by atoms with van der Waals surface area (Å²) in [5.41, 5.74) is 4.21. The highest BCUT2D eigenvalue weighted by Gasteiger charge is 2.18. The van der Waals surface area contributed by atoms with Crippen LogP contribution in [0.5, 0.6) is 0 Å². The van der Waals surface area contributed by atoms with Crippen LogP contribution in [0.15, 0.2) is 6.07 Å². The van der Waals surface area contributed by atoms with Crippen molar-refractivity contribution >= 4 is 0 Å². The van der Waals surface area contributed by atoms with Crippen LogP contribution in [0.3, 0.4) is 0 Å².